The Labute approximate surface area is 156 Å². The second kappa shape index (κ2) is 9.27. The van der Waals surface area contributed by atoms with Crippen LogP contribution in [0.15, 0.2) is 51.4 Å². The largest absolute Gasteiger partial charge is 0.395 e. The molecule has 7 heteroatoms. The topological polar surface area (TPSA) is 52.6 Å². The van der Waals surface area contributed by atoms with Crippen molar-refractivity contribution >= 4 is 43.5 Å². The molecule has 1 amide bonds. The minimum atomic E-state index is -0.338. The van der Waals surface area contributed by atoms with Gasteiger partial charge in [-0.1, -0.05) is 31.9 Å². The molecule has 0 fully saturated rings. The second-order valence-corrected chi connectivity index (χ2v) is 7.06. The third kappa shape index (κ3) is 5.98. The van der Waals surface area contributed by atoms with Crippen LogP contribution in [-0.2, 0) is 11.3 Å². The van der Waals surface area contributed by atoms with Gasteiger partial charge in [-0.25, -0.2) is 4.39 Å². The van der Waals surface area contributed by atoms with Crippen LogP contribution in [0, 0.1) is 5.82 Å². The number of halogens is 3. The van der Waals surface area contributed by atoms with Crippen molar-refractivity contribution in [3.63, 3.8) is 0 Å². The van der Waals surface area contributed by atoms with Gasteiger partial charge in [-0.15, -0.1) is 0 Å². The molecule has 0 aliphatic rings. The Hall–Kier alpha value is -1.28. The van der Waals surface area contributed by atoms with E-state index < -0.39 is 0 Å². The van der Waals surface area contributed by atoms with E-state index in [4.69, 9.17) is 0 Å². The molecule has 0 saturated carbocycles. The van der Waals surface area contributed by atoms with Crippen LogP contribution in [-0.4, -0.2) is 35.6 Å². The molecule has 128 valence electrons. The summed E-state index contributed by atoms with van der Waals surface area (Å²) in [4.78, 5) is 13.9. The number of carbonyl (C=O) groups is 1. The molecular formula is C17H17Br2FN2O2. The predicted octanol–water partition coefficient (Wildman–Crippen LogP) is 3.78. The second-order valence-electron chi connectivity index (χ2n) is 5.23. The van der Waals surface area contributed by atoms with Gasteiger partial charge >= 0.3 is 0 Å². The van der Waals surface area contributed by atoms with Crippen LogP contribution >= 0.6 is 31.9 Å². The number of aliphatic hydroxyl groups excluding tert-OH is 1. The summed E-state index contributed by atoms with van der Waals surface area (Å²) in [5.41, 5.74) is 1.15. The molecule has 0 bridgehead atoms. The summed E-state index contributed by atoms with van der Waals surface area (Å²) >= 11 is 6.64. The van der Waals surface area contributed by atoms with Crippen molar-refractivity contribution < 1.29 is 14.3 Å². The summed E-state index contributed by atoms with van der Waals surface area (Å²) in [7, 11) is 0. The maximum Gasteiger partial charge on any atom is 0.238 e. The average molecular weight is 460 g/mol. The number of anilines is 1. The first-order chi connectivity index (χ1) is 11.5. The SMILES string of the molecule is O=C(CN(CCO)Cc1cc(Br)ccc1F)Nc1ccc(Br)cc1. The van der Waals surface area contributed by atoms with E-state index in [-0.39, 0.29) is 38.0 Å². The number of carbonyl (C=O) groups excluding carboxylic acids is 1. The summed E-state index contributed by atoms with van der Waals surface area (Å²) < 4.78 is 15.6. The predicted molar refractivity (Wildman–Crippen MR) is 99.2 cm³/mol. The molecule has 0 radical (unpaired) electrons. The average Bonchev–Trinajstić information content (AvgIpc) is 2.53. The minimum Gasteiger partial charge on any atom is -0.395 e. The highest BCUT2D eigenvalue weighted by Crippen LogP contribution is 2.18. The van der Waals surface area contributed by atoms with E-state index in [1.807, 2.05) is 12.1 Å². The third-order valence-electron chi connectivity index (χ3n) is 3.31. The molecule has 0 unspecified atom stereocenters. The molecule has 4 nitrogen and oxygen atoms in total. The molecule has 0 heterocycles. The molecule has 2 aromatic carbocycles. The fourth-order valence-electron chi connectivity index (χ4n) is 2.20. The summed E-state index contributed by atoms with van der Waals surface area (Å²) in [6.45, 7) is 0.461. The lowest BCUT2D eigenvalue weighted by molar-refractivity contribution is -0.117. The summed E-state index contributed by atoms with van der Waals surface area (Å²) in [5.74, 6) is -0.560. The van der Waals surface area contributed by atoms with Crippen LogP contribution in [0.3, 0.4) is 0 Å². The lowest BCUT2D eigenvalue weighted by atomic mass is 10.2. The maximum atomic E-state index is 13.9. The van der Waals surface area contributed by atoms with E-state index in [9.17, 15) is 14.3 Å². The van der Waals surface area contributed by atoms with E-state index in [2.05, 4.69) is 37.2 Å². The number of aliphatic hydroxyl groups is 1. The number of benzene rings is 2. The fraction of sp³-hybridized carbons (Fsp3) is 0.235. The molecule has 2 rings (SSSR count). The standard InChI is InChI=1S/C17H17Br2FN2O2/c18-13-1-4-15(5-2-13)21-17(24)11-22(7-8-23)10-12-9-14(19)3-6-16(12)20/h1-6,9,23H,7-8,10-11H2,(H,21,24). The Morgan fingerprint density at radius 1 is 1.12 bits per heavy atom. The number of nitrogens with zero attached hydrogens (tertiary/aromatic N) is 1. The number of rotatable bonds is 7. The highest BCUT2D eigenvalue weighted by molar-refractivity contribution is 9.10. The minimum absolute atomic E-state index is 0.0581. The molecule has 24 heavy (non-hydrogen) atoms. The summed E-state index contributed by atoms with van der Waals surface area (Å²) in [6, 6.07) is 11.9. The maximum absolute atomic E-state index is 13.9. The van der Waals surface area contributed by atoms with Gasteiger partial charge in [0.25, 0.3) is 0 Å². The van der Waals surface area contributed by atoms with E-state index >= 15 is 0 Å². The van der Waals surface area contributed by atoms with Crippen LogP contribution in [0.25, 0.3) is 0 Å². The van der Waals surface area contributed by atoms with Crippen LogP contribution in [0.1, 0.15) is 5.56 Å². The van der Waals surface area contributed by atoms with E-state index in [0.29, 0.717) is 11.3 Å². The highest BCUT2D eigenvalue weighted by atomic mass is 79.9. The Morgan fingerprint density at radius 2 is 1.79 bits per heavy atom. The summed E-state index contributed by atoms with van der Waals surface area (Å²) in [5, 5.41) is 12.0. The van der Waals surface area contributed by atoms with Gasteiger partial charge in [-0.05, 0) is 42.5 Å². The highest BCUT2D eigenvalue weighted by Gasteiger charge is 2.14. The third-order valence-corrected chi connectivity index (χ3v) is 4.34. The van der Waals surface area contributed by atoms with Crippen molar-refractivity contribution in [2.75, 3.05) is 25.0 Å². The van der Waals surface area contributed by atoms with Crippen LogP contribution in [0.4, 0.5) is 10.1 Å². The smallest absolute Gasteiger partial charge is 0.238 e. The van der Waals surface area contributed by atoms with E-state index in [1.54, 1.807) is 29.2 Å². The molecule has 0 spiro atoms. The molecule has 2 N–H and O–H groups in total. The molecule has 0 saturated heterocycles. The number of nitrogens with one attached hydrogen (secondary N) is 1. The molecule has 2 aromatic rings. The number of hydrogen-bond acceptors (Lipinski definition) is 3. The lowest BCUT2D eigenvalue weighted by Gasteiger charge is -2.21. The lowest BCUT2D eigenvalue weighted by Crippen LogP contribution is -2.35. The van der Waals surface area contributed by atoms with Gasteiger partial charge in [0.05, 0.1) is 13.2 Å². The first-order valence-corrected chi connectivity index (χ1v) is 8.89. The fourth-order valence-corrected chi connectivity index (χ4v) is 2.87. The molecule has 0 aromatic heterocycles. The van der Waals surface area contributed by atoms with Crippen molar-refractivity contribution in [2.45, 2.75) is 6.54 Å². The normalized spacial score (nSPS) is 10.9. The monoisotopic (exact) mass is 458 g/mol. The van der Waals surface area contributed by atoms with Gasteiger partial charge in [0.15, 0.2) is 0 Å². The van der Waals surface area contributed by atoms with Crippen LogP contribution in [0.2, 0.25) is 0 Å². The van der Waals surface area contributed by atoms with Gasteiger partial charge in [0, 0.05) is 33.3 Å². The first-order valence-electron chi connectivity index (χ1n) is 7.30. The Kier molecular flexibility index (Phi) is 7.36. The zero-order valence-electron chi connectivity index (χ0n) is 12.8. The van der Waals surface area contributed by atoms with Crippen molar-refractivity contribution in [1.82, 2.24) is 4.90 Å². The van der Waals surface area contributed by atoms with Crippen LogP contribution in [0.5, 0.6) is 0 Å². The van der Waals surface area contributed by atoms with Gasteiger partial charge in [-0.3, -0.25) is 9.69 Å². The van der Waals surface area contributed by atoms with Crippen molar-refractivity contribution in [3.05, 3.63) is 62.8 Å². The van der Waals surface area contributed by atoms with Crippen molar-refractivity contribution in [3.8, 4) is 0 Å². The van der Waals surface area contributed by atoms with Gasteiger partial charge in [-0.2, -0.15) is 0 Å². The van der Waals surface area contributed by atoms with E-state index in [1.165, 1.54) is 6.07 Å². The van der Waals surface area contributed by atoms with Crippen molar-refractivity contribution in [2.24, 2.45) is 0 Å². The molecular weight excluding hydrogens is 443 g/mol. The first kappa shape index (κ1) is 19.1. The Morgan fingerprint density at radius 3 is 2.46 bits per heavy atom. The Balaban J connectivity index is 2.00. The van der Waals surface area contributed by atoms with Gasteiger partial charge in [0.2, 0.25) is 5.91 Å². The van der Waals surface area contributed by atoms with Gasteiger partial charge in [0.1, 0.15) is 5.82 Å². The molecule has 0 aliphatic heterocycles. The quantitative estimate of drug-likeness (QED) is 0.662. The summed E-state index contributed by atoms with van der Waals surface area (Å²) in [6.07, 6.45) is 0. The molecule has 0 atom stereocenters. The Bertz CT molecular complexity index is 695. The number of hydrogen-bond donors (Lipinski definition) is 2. The van der Waals surface area contributed by atoms with E-state index in [0.717, 1.165) is 8.95 Å². The zero-order valence-corrected chi connectivity index (χ0v) is 16.0. The zero-order chi connectivity index (χ0) is 17.5. The van der Waals surface area contributed by atoms with Gasteiger partial charge < -0.3 is 10.4 Å². The van der Waals surface area contributed by atoms with Crippen molar-refractivity contribution in [1.29, 1.82) is 0 Å². The molecule has 0 aliphatic carbocycles. The van der Waals surface area contributed by atoms with Crippen LogP contribution < -0.4 is 5.32 Å². The number of amides is 1.